The first-order valence-electron chi connectivity index (χ1n) is 16.9. The summed E-state index contributed by atoms with van der Waals surface area (Å²) in [4.78, 5) is 11.6. The van der Waals surface area contributed by atoms with Gasteiger partial charge in [-0.3, -0.25) is 15.1 Å². The molecule has 7 heteroatoms. The van der Waals surface area contributed by atoms with Crippen LogP contribution in [0.3, 0.4) is 0 Å². The molecule has 1 fully saturated rings. The van der Waals surface area contributed by atoms with E-state index in [0.717, 1.165) is 33.0 Å². The van der Waals surface area contributed by atoms with Crippen LogP contribution >= 0.6 is 0 Å². The number of hydrogen-bond donors (Lipinski definition) is 4. The van der Waals surface area contributed by atoms with Crippen molar-refractivity contribution in [2.75, 3.05) is 26.2 Å². The van der Waals surface area contributed by atoms with Gasteiger partial charge >= 0.3 is 0 Å². The Morgan fingerprint density at radius 2 is 1.07 bits per heavy atom. The van der Waals surface area contributed by atoms with Gasteiger partial charge in [0.15, 0.2) is 5.96 Å². The van der Waals surface area contributed by atoms with Gasteiger partial charge in [0.2, 0.25) is 0 Å². The van der Waals surface area contributed by atoms with Crippen LogP contribution in [0.1, 0.15) is 163 Å². The first-order valence-corrected chi connectivity index (χ1v) is 16.9. The highest BCUT2D eigenvalue weighted by atomic mass is 16.5. The summed E-state index contributed by atoms with van der Waals surface area (Å²) in [6.07, 6.45) is 28.6. The van der Waals surface area contributed by atoms with Crippen LogP contribution in [0.4, 0.5) is 0 Å². The zero-order valence-electron chi connectivity index (χ0n) is 27.4. The molecule has 1 aliphatic rings. The third kappa shape index (κ3) is 36.7. The predicted molar refractivity (Wildman–Crippen MR) is 173 cm³/mol. The molecule has 240 valence electrons. The summed E-state index contributed by atoms with van der Waals surface area (Å²) in [6, 6.07) is 0. The molecule has 2 unspecified atom stereocenters. The molecule has 2 atom stereocenters. The molecule has 1 aliphatic heterocycles. The topological polar surface area (TPSA) is 112 Å². The number of carboxylic acids is 1. The highest BCUT2D eigenvalue weighted by Crippen LogP contribution is 2.14. The maximum Gasteiger partial charge on any atom is 0.300 e. The van der Waals surface area contributed by atoms with Crippen molar-refractivity contribution in [3.8, 4) is 0 Å². The highest BCUT2D eigenvalue weighted by Gasteiger charge is 2.21. The number of nitrogens with zero attached hydrogens (tertiary/aromatic N) is 1. The Bertz CT molecular complexity index is 534. The lowest BCUT2D eigenvalue weighted by atomic mass is 10.1. The number of carbonyl (C=O) groups is 1. The first kappa shape index (κ1) is 40.8. The molecular formula is C33H70N4O3. The summed E-state index contributed by atoms with van der Waals surface area (Å²) in [7, 11) is 0. The Kier molecular flexibility index (Phi) is 32.8. The number of carboxylic acid groups (broad SMARTS) is 1. The summed E-state index contributed by atoms with van der Waals surface area (Å²) in [5, 5.41) is 17.2. The van der Waals surface area contributed by atoms with Crippen molar-refractivity contribution < 1.29 is 14.6 Å². The maximum absolute atomic E-state index is 9.00. The predicted octanol–water partition coefficient (Wildman–Crippen LogP) is 8.50. The number of guanidine groups is 1. The molecule has 0 aromatic heterocycles. The van der Waals surface area contributed by atoms with Gasteiger partial charge in [0, 0.05) is 26.6 Å². The van der Waals surface area contributed by atoms with E-state index in [0.29, 0.717) is 12.2 Å². The van der Waals surface area contributed by atoms with Crippen LogP contribution in [-0.4, -0.2) is 60.3 Å². The van der Waals surface area contributed by atoms with Crippen molar-refractivity contribution in [2.45, 2.75) is 175 Å². The Hall–Kier alpha value is -1.34. The molecule has 1 saturated heterocycles. The van der Waals surface area contributed by atoms with E-state index < -0.39 is 5.97 Å². The standard InChI is InChI=1S/C18H37NO.C13H29N3.C2H4O2/c1-4-5-6-7-8-9-10-11-12-13-14-19-15-17(2)20-18(3)16-19;1-2-3-4-5-6-7-8-9-10-11-12-16-13(14)15;1-2(3)4/h17-18H,4-16H2,1-3H3;2-12H2,1H3,(H4,14,15,16);1H3,(H,3,4). The Morgan fingerprint density at radius 1 is 0.750 bits per heavy atom. The fourth-order valence-corrected chi connectivity index (χ4v) is 5.13. The summed E-state index contributed by atoms with van der Waals surface area (Å²) in [5.74, 6) is -0.740. The number of ether oxygens (including phenoxy) is 1. The third-order valence-electron chi connectivity index (χ3n) is 7.17. The van der Waals surface area contributed by atoms with E-state index in [1.807, 2.05) is 0 Å². The van der Waals surface area contributed by atoms with Gasteiger partial charge in [-0.25, -0.2) is 0 Å². The van der Waals surface area contributed by atoms with Crippen molar-refractivity contribution in [2.24, 2.45) is 5.73 Å². The van der Waals surface area contributed by atoms with E-state index in [1.165, 1.54) is 129 Å². The van der Waals surface area contributed by atoms with Crippen molar-refractivity contribution in [1.29, 1.82) is 5.41 Å². The molecule has 0 bridgehead atoms. The largest absolute Gasteiger partial charge is 0.481 e. The number of aliphatic carboxylic acids is 1. The maximum atomic E-state index is 9.00. The SMILES string of the molecule is CC(=O)O.CCCCCCCCCCCCN1CC(C)OC(C)C1.CCCCCCCCCCCCNC(=N)N. The Morgan fingerprint density at radius 3 is 1.43 bits per heavy atom. The molecule has 0 aromatic rings. The number of morpholine rings is 1. The molecular weight excluding hydrogens is 500 g/mol. The van der Waals surface area contributed by atoms with Gasteiger partial charge in [-0.1, -0.05) is 129 Å². The molecule has 40 heavy (non-hydrogen) atoms. The number of nitrogens with one attached hydrogen (secondary N) is 2. The molecule has 7 nitrogen and oxygen atoms in total. The van der Waals surface area contributed by atoms with E-state index in [2.05, 4.69) is 37.9 Å². The van der Waals surface area contributed by atoms with Gasteiger partial charge in [0.25, 0.3) is 5.97 Å². The van der Waals surface area contributed by atoms with Crippen LogP contribution < -0.4 is 11.1 Å². The molecule has 0 amide bonds. The van der Waals surface area contributed by atoms with Crippen LogP contribution in [0.25, 0.3) is 0 Å². The van der Waals surface area contributed by atoms with Crippen molar-refractivity contribution in [3.63, 3.8) is 0 Å². The van der Waals surface area contributed by atoms with Gasteiger partial charge in [-0.2, -0.15) is 0 Å². The average molecular weight is 571 g/mol. The molecule has 0 spiro atoms. The smallest absolute Gasteiger partial charge is 0.300 e. The summed E-state index contributed by atoms with van der Waals surface area (Å²) >= 11 is 0. The lowest BCUT2D eigenvalue weighted by Crippen LogP contribution is -2.45. The van der Waals surface area contributed by atoms with Gasteiger partial charge in [-0.05, 0) is 33.2 Å². The van der Waals surface area contributed by atoms with E-state index in [-0.39, 0.29) is 5.96 Å². The molecule has 0 saturated carbocycles. The van der Waals surface area contributed by atoms with Crippen LogP contribution in [0.2, 0.25) is 0 Å². The molecule has 1 rings (SSSR count). The number of hydrogen-bond acceptors (Lipinski definition) is 4. The molecule has 0 aliphatic carbocycles. The van der Waals surface area contributed by atoms with E-state index in [1.54, 1.807) is 0 Å². The van der Waals surface area contributed by atoms with Gasteiger partial charge in [0.1, 0.15) is 0 Å². The lowest BCUT2D eigenvalue weighted by molar-refractivity contribution is -0.134. The summed E-state index contributed by atoms with van der Waals surface area (Å²) in [6.45, 7) is 14.4. The minimum Gasteiger partial charge on any atom is -0.481 e. The molecule has 5 N–H and O–H groups in total. The number of rotatable bonds is 22. The van der Waals surface area contributed by atoms with Gasteiger partial charge in [-0.15, -0.1) is 0 Å². The van der Waals surface area contributed by atoms with E-state index in [4.69, 9.17) is 25.8 Å². The van der Waals surface area contributed by atoms with Crippen LogP contribution in [0.15, 0.2) is 0 Å². The van der Waals surface area contributed by atoms with Crippen molar-refractivity contribution in [3.05, 3.63) is 0 Å². The normalized spacial score (nSPS) is 16.8. The van der Waals surface area contributed by atoms with E-state index in [9.17, 15) is 0 Å². The Labute approximate surface area is 249 Å². The number of nitrogens with two attached hydrogens (primary N) is 1. The zero-order valence-corrected chi connectivity index (χ0v) is 27.4. The lowest BCUT2D eigenvalue weighted by Gasteiger charge is -2.35. The van der Waals surface area contributed by atoms with Crippen LogP contribution in [0.5, 0.6) is 0 Å². The van der Waals surface area contributed by atoms with Crippen LogP contribution in [-0.2, 0) is 9.53 Å². The van der Waals surface area contributed by atoms with Crippen LogP contribution in [0, 0.1) is 5.41 Å². The minimum absolute atomic E-state index is 0.0934. The fourth-order valence-electron chi connectivity index (χ4n) is 5.13. The third-order valence-corrected chi connectivity index (χ3v) is 7.17. The Balaban J connectivity index is 0. The molecule has 0 radical (unpaired) electrons. The minimum atomic E-state index is -0.833. The average Bonchev–Trinajstić information content (AvgIpc) is 2.88. The zero-order chi connectivity index (χ0) is 30.3. The first-order chi connectivity index (χ1) is 19.2. The summed E-state index contributed by atoms with van der Waals surface area (Å²) in [5.41, 5.74) is 5.18. The molecule has 0 aromatic carbocycles. The molecule has 1 heterocycles. The van der Waals surface area contributed by atoms with Gasteiger partial charge in [0.05, 0.1) is 12.2 Å². The monoisotopic (exact) mass is 571 g/mol. The fraction of sp³-hybridized carbons (Fsp3) is 0.939. The second kappa shape index (κ2) is 32.2. The highest BCUT2D eigenvalue weighted by molar-refractivity contribution is 5.74. The second-order valence-electron chi connectivity index (χ2n) is 11.7. The van der Waals surface area contributed by atoms with Gasteiger partial charge < -0.3 is 20.9 Å². The quantitative estimate of drug-likeness (QED) is 0.0590. The summed E-state index contributed by atoms with van der Waals surface area (Å²) < 4.78 is 5.77. The second-order valence-corrected chi connectivity index (χ2v) is 11.7. The van der Waals surface area contributed by atoms with Crippen molar-refractivity contribution in [1.82, 2.24) is 10.2 Å². The van der Waals surface area contributed by atoms with E-state index >= 15 is 0 Å². The number of unbranched alkanes of at least 4 members (excludes halogenated alkanes) is 18. The van der Waals surface area contributed by atoms with Crippen molar-refractivity contribution >= 4 is 11.9 Å².